The first-order valence-corrected chi connectivity index (χ1v) is 9.57. The SMILES string of the molecule is c1ccc(C2C(c3ccccn3)C(c3ccccn3)C2c2ccccn2)nc1. The highest BCUT2D eigenvalue weighted by Crippen LogP contribution is 2.65. The van der Waals surface area contributed by atoms with Crippen molar-refractivity contribution < 1.29 is 0 Å². The molecule has 0 aromatic carbocycles. The van der Waals surface area contributed by atoms with Gasteiger partial charge >= 0.3 is 0 Å². The number of pyridine rings is 4. The monoisotopic (exact) mass is 364 g/mol. The van der Waals surface area contributed by atoms with Gasteiger partial charge in [0.05, 0.1) is 0 Å². The molecule has 4 aromatic heterocycles. The maximum atomic E-state index is 4.70. The van der Waals surface area contributed by atoms with Gasteiger partial charge in [-0.25, -0.2) is 0 Å². The fourth-order valence-corrected chi connectivity index (χ4v) is 4.51. The zero-order valence-electron chi connectivity index (χ0n) is 15.3. The largest absolute Gasteiger partial charge is 0.261 e. The van der Waals surface area contributed by atoms with Crippen molar-refractivity contribution >= 4 is 0 Å². The molecule has 4 heteroatoms. The summed E-state index contributed by atoms with van der Waals surface area (Å²) in [6.45, 7) is 0. The Morgan fingerprint density at radius 1 is 0.357 bits per heavy atom. The summed E-state index contributed by atoms with van der Waals surface area (Å²) in [5, 5.41) is 0. The molecule has 0 N–H and O–H groups in total. The summed E-state index contributed by atoms with van der Waals surface area (Å²) in [4.78, 5) is 18.8. The predicted octanol–water partition coefficient (Wildman–Crippen LogP) is 4.72. The average molecular weight is 364 g/mol. The highest BCUT2D eigenvalue weighted by Gasteiger charge is 2.55. The number of aromatic nitrogens is 4. The van der Waals surface area contributed by atoms with Gasteiger partial charge in [0.25, 0.3) is 0 Å². The fraction of sp³-hybridized carbons (Fsp3) is 0.167. The zero-order valence-corrected chi connectivity index (χ0v) is 15.3. The van der Waals surface area contributed by atoms with Gasteiger partial charge in [0.2, 0.25) is 0 Å². The first-order chi connectivity index (χ1) is 13.9. The van der Waals surface area contributed by atoms with Gasteiger partial charge in [-0.15, -0.1) is 0 Å². The standard InChI is InChI=1S/C24H20N4/c1-5-13-25-17(9-1)21-22(18-10-2-6-14-26-18)24(20-12-4-8-16-28-20)23(21)19-11-3-7-15-27-19/h1-16,21-24H. The molecule has 0 atom stereocenters. The summed E-state index contributed by atoms with van der Waals surface area (Å²) in [6.07, 6.45) is 7.48. The molecule has 1 fully saturated rings. The molecule has 0 bridgehead atoms. The van der Waals surface area contributed by atoms with Crippen LogP contribution in [0.1, 0.15) is 46.4 Å². The third-order valence-electron chi connectivity index (χ3n) is 5.66. The Morgan fingerprint density at radius 3 is 0.786 bits per heavy atom. The predicted molar refractivity (Wildman–Crippen MR) is 108 cm³/mol. The van der Waals surface area contributed by atoms with E-state index in [4.69, 9.17) is 19.9 Å². The molecule has 0 aliphatic heterocycles. The molecule has 4 aromatic rings. The van der Waals surface area contributed by atoms with E-state index in [0.717, 1.165) is 22.8 Å². The van der Waals surface area contributed by atoms with E-state index in [1.165, 1.54) is 0 Å². The van der Waals surface area contributed by atoms with Gasteiger partial charge in [0, 0.05) is 71.2 Å². The van der Waals surface area contributed by atoms with E-state index in [2.05, 4.69) is 48.5 Å². The summed E-state index contributed by atoms with van der Waals surface area (Å²) in [7, 11) is 0. The lowest BCUT2D eigenvalue weighted by Crippen LogP contribution is -2.41. The van der Waals surface area contributed by atoms with Gasteiger partial charge < -0.3 is 0 Å². The molecule has 4 heterocycles. The highest BCUT2D eigenvalue weighted by molar-refractivity contribution is 5.41. The summed E-state index contributed by atoms with van der Waals surface area (Å²) in [5.74, 6) is 0.826. The molecule has 5 rings (SSSR count). The molecular formula is C24H20N4. The van der Waals surface area contributed by atoms with Crippen molar-refractivity contribution in [1.29, 1.82) is 0 Å². The Morgan fingerprint density at radius 2 is 0.607 bits per heavy atom. The van der Waals surface area contributed by atoms with Gasteiger partial charge in [-0.05, 0) is 48.5 Å². The Hall–Kier alpha value is -3.40. The van der Waals surface area contributed by atoms with Gasteiger partial charge in [-0.1, -0.05) is 24.3 Å². The summed E-state index contributed by atoms with van der Waals surface area (Å²) < 4.78 is 0. The van der Waals surface area contributed by atoms with Gasteiger partial charge in [-0.2, -0.15) is 0 Å². The van der Waals surface area contributed by atoms with E-state index >= 15 is 0 Å². The normalized spacial score (nSPS) is 23.7. The van der Waals surface area contributed by atoms with Crippen LogP contribution in [0.2, 0.25) is 0 Å². The maximum Gasteiger partial charge on any atom is 0.0448 e. The van der Waals surface area contributed by atoms with Crippen molar-refractivity contribution in [3.63, 3.8) is 0 Å². The lowest BCUT2D eigenvalue weighted by molar-refractivity contribution is 0.211. The molecule has 0 spiro atoms. The Labute approximate surface area is 164 Å². The van der Waals surface area contributed by atoms with E-state index < -0.39 is 0 Å². The van der Waals surface area contributed by atoms with Gasteiger partial charge in [0.1, 0.15) is 0 Å². The third kappa shape index (κ3) is 2.87. The number of hydrogen-bond donors (Lipinski definition) is 0. The van der Waals surface area contributed by atoms with Crippen LogP contribution in [0.15, 0.2) is 97.6 Å². The zero-order chi connectivity index (χ0) is 18.8. The Balaban J connectivity index is 1.67. The minimum Gasteiger partial charge on any atom is -0.261 e. The molecular weight excluding hydrogens is 344 g/mol. The summed E-state index contributed by atoms with van der Waals surface area (Å²) in [5.41, 5.74) is 4.34. The van der Waals surface area contributed by atoms with E-state index in [-0.39, 0.29) is 23.7 Å². The minimum absolute atomic E-state index is 0.206. The molecule has 136 valence electrons. The van der Waals surface area contributed by atoms with Gasteiger partial charge in [-0.3, -0.25) is 19.9 Å². The molecule has 0 amide bonds. The van der Waals surface area contributed by atoms with Crippen molar-refractivity contribution in [2.24, 2.45) is 0 Å². The lowest BCUT2D eigenvalue weighted by atomic mass is 9.52. The molecule has 4 nitrogen and oxygen atoms in total. The number of nitrogens with zero attached hydrogens (tertiary/aromatic N) is 4. The van der Waals surface area contributed by atoms with Crippen LogP contribution < -0.4 is 0 Å². The topological polar surface area (TPSA) is 51.6 Å². The first-order valence-electron chi connectivity index (χ1n) is 9.57. The van der Waals surface area contributed by atoms with Crippen LogP contribution in [0.25, 0.3) is 0 Å². The smallest absolute Gasteiger partial charge is 0.0448 e. The molecule has 0 unspecified atom stereocenters. The molecule has 0 radical (unpaired) electrons. The average Bonchev–Trinajstić information content (AvgIpc) is 2.76. The van der Waals surface area contributed by atoms with Crippen LogP contribution in [0.3, 0.4) is 0 Å². The molecule has 28 heavy (non-hydrogen) atoms. The second kappa shape index (κ2) is 7.31. The van der Waals surface area contributed by atoms with Crippen LogP contribution in [-0.2, 0) is 0 Å². The molecule has 1 aliphatic rings. The first kappa shape index (κ1) is 16.8. The van der Waals surface area contributed by atoms with Crippen molar-refractivity contribution in [2.45, 2.75) is 23.7 Å². The minimum atomic E-state index is 0.206. The van der Waals surface area contributed by atoms with Crippen molar-refractivity contribution in [3.8, 4) is 0 Å². The van der Waals surface area contributed by atoms with Crippen molar-refractivity contribution in [3.05, 3.63) is 120 Å². The highest BCUT2D eigenvalue weighted by atomic mass is 14.8. The van der Waals surface area contributed by atoms with E-state index in [0.29, 0.717) is 0 Å². The second-order valence-corrected chi connectivity index (χ2v) is 7.12. The number of rotatable bonds is 4. The Kier molecular flexibility index (Phi) is 4.37. The van der Waals surface area contributed by atoms with Crippen LogP contribution in [-0.4, -0.2) is 19.9 Å². The second-order valence-electron chi connectivity index (χ2n) is 7.12. The molecule has 1 aliphatic carbocycles. The maximum absolute atomic E-state index is 4.70. The summed E-state index contributed by atoms with van der Waals surface area (Å²) in [6, 6.07) is 24.5. The van der Waals surface area contributed by atoms with E-state index in [1.54, 1.807) is 0 Å². The molecule has 0 saturated heterocycles. The van der Waals surface area contributed by atoms with Crippen LogP contribution in [0, 0.1) is 0 Å². The Bertz CT molecular complexity index is 841. The fourth-order valence-electron chi connectivity index (χ4n) is 4.51. The summed E-state index contributed by atoms with van der Waals surface area (Å²) >= 11 is 0. The van der Waals surface area contributed by atoms with E-state index in [1.807, 2.05) is 49.1 Å². The molecule has 1 saturated carbocycles. The van der Waals surface area contributed by atoms with Crippen LogP contribution >= 0.6 is 0 Å². The quantitative estimate of drug-likeness (QED) is 0.526. The van der Waals surface area contributed by atoms with Crippen LogP contribution in [0.4, 0.5) is 0 Å². The van der Waals surface area contributed by atoms with E-state index in [9.17, 15) is 0 Å². The van der Waals surface area contributed by atoms with Crippen molar-refractivity contribution in [2.75, 3.05) is 0 Å². The van der Waals surface area contributed by atoms with Gasteiger partial charge in [0.15, 0.2) is 0 Å². The number of hydrogen-bond acceptors (Lipinski definition) is 4. The van der Waals surface area contributed by atoms with Crippen molar-refractivity contribution in [1.82, 2.24) is 19.9 Å². The lowest BCUT2D eigenvalue weighted by Gasteiger charge is -2.51. The van der Waals surface area contributed by atoms with Crippen LogP contribution in [0.5, 0.6) is 0 Å². The third-order valence-corrected chi connectivity index (χ3v) is 5.66.